The third kappa shape index (κ3) is 3.41. The highest BCUT2D eigenvalue weighted by atomic mass is 32.2. The maximum atomic E-state index is 12.7. The molecular formula is C16H23N3O3S. The summed E-state index contributed by atoms with van der Waals surface area (Å²) in [6.07, 6.45) is 3.60. The van der Waals surface area contributed by atoms with Crippen LogP contribution in [0.5, 0.6) is 0 Å². The van der Waals surface area contributed by atoms with Crippen molar-refractivity contribution in [1.82, 2.24) is 14.5 Å². The Morgan fingerprint density at radius 2 is 2.04 bits per heavy atom. The highest BCUT2D eigenvalue weighted by molar-refractivity contribution is 7.89. The first kappa shape index (κ1) is 16.4. The SMILES string of the molecule is CNS(=O)(=O)c1cccc(C(=O)N2CCN3CCCCC3C2)c1. The Labute approximate surface area is 137 Å². The van der Waals surface area contributed by atoms with Gasteiger partial charge < -0.3 is 4.90 Å². The van der Waals surface area contributed by atoms with Crippen LogP contribution in [-0.4, -0.2) is 63.4 Å². The largest absolute Gasteiger partial charge is 0.336 e. The van der Waals surface area contributed by atoms with Crippen LogP contribution in [0.25, 0.3) is 0 Å². The molecule has 0 aliphatic carbocycles. The molecule has 1 unspecified atom stereocenters. The second-order valence-electron chi connectivity index (χ2n) is 6.17. The minimum Gasteiger partial charge on any atom is -0.336 e. The van der Waals surface area contributed by atoms with Gasteiger partial charge >= 0.3 is 0 Å². The first-order chi connectivity index (χ1) is 11.0. The van der Waals surface area contributed by atoms with E-state index in [1.54, 1.807) is 12.1 Å². The lowest BCUT2D eigenvalue weighted by atomic mass is 9.99. The number of rotatable bonds is 3. The molecule has 2 aliphatic rings. The Hall–Kier alpha value is -1.44. The molecule has 7 heteroatoms. The number of piperazine rings is 1. The molecular weight excluding hydrogens is 314 g/mol. The minimum atomic E-state index is -3.53. The van der Waals surface area contributed by atoms with Crippen molar-refractivity contribution in [3.8, 4) is 0 Å². The van der Waals surface area contributed by atoms with E-state index in [0.29, 0.717) is 18.2 Å². The zero-order valence-electron chi connectivity index (χ0n) is 13.4. The average Bonchev–Trinajstić information content (AvgIpc) is 2.60. The summed E-state index contributed by atoms with van der Waals surface area (Å²) in [6, 6.07) is 6.72. The molecule has 23 heavy (non-hydrogen) atoms. The monoisotopic (exact) mass is 337 g/mol. The maximum absolute atomic E-state index is 12.7. The molecule has 0 saturated carbocycles. The zero-order valence-corrected chi connectivity index (χ0v) is 14.2. The summed E-state index contributed by atoms with van der Waals surface area (Å²) in [7, 11) is -2.17. The van der Waals surface area contributed by atoms with Crippen molar-refractivity contribution in [2.45, 2.75) is 30.2 Å². The predicted octanol–water partition coefficient (Wildman–Crippen LogP) is 0.905. The van der Waals surface area contributed by atoms with Gasteiger partial charge in [-0.15, -0.1) is 0 Å². The van der Waals surface area contributed by atoms with Gasteiger partial charge in [-0.1, -0.05) is 12.5 Å². The third-order valence-corrected chi connectivity index (χ3v) is 6.20. The number of amides is 1. The van der Waals surface area contributed by atoms with E-state index in [1.165, 1.54) is 32.0 Å². The standard InChI is InChI=1S/C16H23N3O3S/c1-17-23(21,22)15-7-4-5-13(11-15)16(20)19-10-9-18-8-3-2-6-14(18)12-19/h4-5,7,11,14,17H,2-3,6,8-10,12H2,1H3. The molecule has 1 aromatic rings. The normalized spacial score (nSPS) is 22.7. The molecule has 1 N–H and O–H groups in total. The number of hydrogen-bond acceptors (Lipinski definition) is 4. The van der Waals surface area contributed by atoms with Crippen molar-refractivity contribution in [3.63, 3.8) is 0 Å². The van der Waals surface area contributed by atoms with Crippen LogP contribution in [0.3, 0.4) is 0 Å². The van der Waals surface area contributed by atoms with E-state index < -0.39 is 10.0 Å². The fourth-order valence-corrected chi connectivity index (χ4v) is 4.21. The molecule has 1 atom stereocenters. The van der Waals surface area contributed by atoms with Crippen LogP contribution < -0.4 is 4.72 Å². The van der Waals surface area contributed by atoms with Gasteiger partial charge in [0.1, 0.15) is 0 Å². The molecule has 1 amide bonds. The number of carbonyl (C=O) groups is 1. The number of piperidine rings is 1. The van der Waals surface area contributed by atoms with Crippen LogP contribution in [0.1, 0.15) is 29.6 Å². The topological polar surface area (TPSA) is 69.7 Å². The molecule has 6 nitrogen and oxygen atoms in total. The smallest absolute Gasteiger partial charge is 0.253 e. The second kappa shape index (κ2) is 6.59. The summed E-state index contributed by atoms with van der Waals surface area (Å²) >= 11 is 0. The number of sulfonamides is 1. The molecule has 0 bridgehead atoms. The molecule has 126 valence electrons. The summed E-state index contributed by atoms with van der Waals surface area (Å²) < 4.78 is 26.1. The van der Waals surface area contributed by atoms with Crippen LogP contribution in [0.15, 0.2) is 29.2 Å². The number of fused-ring (bicyclic) bond motifs is 1. The van der Waals surface area contributed by atoms with Gasteiger partial charge in [-0.05, 0) is 44.6 Å². The van der Waals surface area contributed by atoms with E-state index in [0.717, 1.165) is 26.1 Å². The summed E-state index contributed by atoms with van der Waals surface area (Å²) in [5.74, 6) is -0.0802. The van der Waals surface area contributed by atoms with E-state index in [2.05, 4.69) is 9.62 Å². The van der Waals surface area contributed by atoms with Crippen molar-refractivity contribution >= 4 is 15.9 Å². The minimum absolute atomic E-state index is 0.0802. The Morgan fingerprint density at radius 3 is 2.83 bits per heavy atom. The molecule has 3 rings (SSSR count). The Bertz CT molecular complexity index is 690. The molecule has 2 aliphatic heterocycles. The Balaban J connectivity index is 1.77. The third-order valence-electron chi connectivity index (χ3n) is 4.78. The number of hydrogen-bond donors (Lipinski definition) is 1. The van der Waals surface area contributed by atoms with Crippen molar-refractivity contribution in [1.29, 1.82) is 0 Å². The van der Waals surface area contributed by atoms with E-state index in [4.69, 9.17) is 0 Å². The van der Waals surface area contributed by atoms with Crippen molar-refractivity contribution in [2.24, 2.45) is 0 Å². The highest BCUT2D eigenvalue weighted by Crippen LogP contribution is 2.22. The van der Waals surface area contributed by atoms with E-state index in [1.807, 2.05) is 4.90 Å². The number of nitrogens with zero attached hydrogens (tertiary/aromatic N) is 2. The van der Waals surface area contributed by atoms with Crippen LogP contribution in [0.2, 0.25) is 0 Å². The van der Waals surface area contributed by atoms with Crippen molar-refractivity contribution in [2.75, 3.05) is 33.2 Å². The van der Waals surface area contributed by atoms with Crippen LogP contribution in [0.4, 0.5) is 0 Å². The molecule has 0 aromatic heterocycles. The number of nitrogens with one attached hydrogen (secondary N) is 1. The first-order valence-electron chi connectivity index (χ1n) is 8.08. The van der Waals surface area contributed by atoms with Gasteiger partial charge in [0.15, 0.2) is 0 Å². The number of benzene rings is 1. The van der Waals surface area contributed by atoms with Gasteiger partial charge in [-0.25, -0.2) is 13.1 Å². The van der Waals surface area contributed by atoms with Gasteiger partial charge in [0, 0.05) is 31.2 Å². The van der Waals surface area contributed by atoms with E-state index in [-0.39, 0.29) is 10.8 Å². The lowest BCUT2D eigenvalue weighted by Gasteiger charge is -2.44. The first-order valence-corrected chi connectivity index (χ1v) is 9.56. The van der Waals surface area contributed by atoms with E-state index in [9.17, 15) is 13.2 Å². The van der Waals surface area contributed by atoms with Crippen molar-refractivity contribution in [3.05, 3.63) is 29.8 Å². The quantitative estimate of drug-likeness (QED) is 0.890. The highest BCUT2D eigenvalue weighted by Gasteiger charge is 2.31. The van der Waals surface area contributed by atoms with Gasteiger partial charge in [-0.2, -0.15) is 0 Å². The Kier molecular flexibility index (Phi) is 4.70. The summed E-state index contributed by atoms with van der Waals surface area (Å²) in [6.45, 7) is 3.48. The van der Waals surface area contributed by atoms with Crippen LogP contribution >= 0.6 is 0 Å². The molecule has 2 heterocycles. The maximum Gasteiger partial charge on any atom is 0.253 e. The lowest BCUT2D eigenvalue weighted by molar-refractivity contribution is 0.0372. The second-order valence-corrected chi connectivity index (χ2v) is 8.06. The summed E-state index contributed by atoms with van der Waals surface area (Å²) in [5, 5.41) is 0. The van der Waals surface area contributed by atoms with Gasteiger partial charge in [0.25, 0.3) is 5.91 Å². The van der Waals surface area contributed by atoms with Crippen LogP contribution in [0, 0.1) is 0 Å². The van der Waals surface area contributed by atoms with Gasteiger partial charge in [0.05, 0.1) is 4.90 Å². The molecule has 1 aromatic carbocycles. The van der Waals surface area contributed by atoms with E-state index >= 15 is 0 Å². The lowest BCUT2D eigenvalue weighted by Crippen LogP contribution is -2.56. The molecule has 0 spiro atoms. The predicted molar refractivity (Wildman–Crippen MR) is 87.8 cm³/mol. The Morgan fingerprint density at radius 1 is 1.22 bits per heavy atom. The fourth-order valence-electron chi connectivity index (χ4n) is 3.44. The zero-order chi connectivity index (χ0) is 16.4. The van der Waals surface area contributed by atoms with Gasteiger partial charge in [0.2, 0.25) is 10.0 Å². The molecule has 0 radical (unpaired) electrons. The summed E-state index contributed by atoms with van der Waals surface area (Å²) in [5.41, 5.74) is 0.436. The number of carbonyl (C=O) groups excluding carboxylic acids is 1. The molecule has 2 saturated heterocycles. The summed E-state index contributed by atoms with van der Waals surface area (Å²) in [4.78, 5) is 17.2. The average molecular weight is 337 g/mol. The van der Waals surface area contributed by atoms with Gasteiger partial charge in [-0.3, -0.25) is 9.69 Å². The fraction of sp³-hybridized carbons (Fsp3) is 0.562. The van der Waals surface area contributed by atoms with Crippen LogP contribution in [-0.2, 0) is 10.0 Å². The molecule has 2 fully saturated rings. The van der Waals surface area contributed by atoms with Crippen molar-refractivity contribution < 1.29 is 13.2 Å².